The van der Waals surface area contributed by atoms with E-state index in [1.807, 2.05) is 58.0 Å². The largest absolute Gasteiger partial charge is 0.491 e. The average molecular weight is 499 g/mol. The number of amides is 2. The molecule has 0 fully saturated rings. The molecule has 2 aromatic rings. The summed E-state index contributed by atoms with van der Waals surface area (Å²) in [5.41, 5.74) is 1.25. The van der Waals surface area contributed by atoms with E-state index in [1.165, 1.54) is 7.11 Å². The molecule has 3 atom stereocenters. The SMILES string of the molecule is CC[C@H](C)[C@H](NC(=O)OCc1ccccc1)C(=O)N(C)[C@H](COc1cccc(C(=O)OC)c1)C(C)C. The molecule has 0 aliphatic heterocycles. The number of ether oxygens (including phenoxy) is 3. The van der Waals surface area contributed by atoms with Gasteiger partial charge in [-0.15, -0.1) is 0 Å². The smallest absolute Gasteiger partial charge is 0.408 e. The normalized spacial score (nSPS) is 13.3. The van der Waals surface area contributed by atoms with Gasteiger partial charge in [0.15, 0.2) is 0 Å². The number of hydrogen-bond donors (Lipinski definition) is 1. The van der Waals surface area contributed by atoms with Crippen LogP contribution in [-0.2, 0) is 20.9 Å². The Balaban J connectivity index is 2.07. The third-order valence-electron chi connectivity index (χ3n) is 6.26. The summed E-state index contributed by atoms with van der Waals surface area (Å²) >= 11 is 0. The van der Waals surface area contributed by atoms with Crippen LogP contribution in [0.3, 0.4) is 0 Å². The highest BCUT2D eigenvalue weighted by Gasteiger charge is 2.33. The zero-order valence-electron chi connectivity index (χ0n) is 22.0. The van der Waals surface area contributed by atoms with E-state index in [9.17, 15) is 14.4 Å². The third kappa shape index (κ3) is 8.29. The summed E-state index contributed by atoms with van der Waals surface area (Å²) in [5, 5.41) is 2.77. The van der Waals surface area contributed by atoms with Crippen LogP contribution in [0.4, 0.5) is 4.79 Å². The summed E-state index contributed by atoms with van der Waals surface area (Å²) in [7, 11) is 3.04. The van der Waals surface area contributed by atoms with Gasteiger partial charge in [-0.3, -0.25) is 4.79 Å². The van der Waals surface area contributed by atoms with Gasteiger partial charge in [-0.05, 0) is 35.6 Å². The lowest BCUT2D eigenvalue weighted by Gasteiger charge is -2.35. The number of rotatable bonds is 12. The van der Waals surface area contributed by atoms with Crippen molar-refractivity contribution in [2.24, 2.45) is 11.8 Å². The summed E-state index contributed by atoms with van der Waals surface area (Å²) in [4.78, 5) is 39.5. The first kappa shape index (κ1) is 28.7. The molecule has 2 aromatic carbocycles. The molecule has 0 heterocycles. The predicted molar refractivity (Wildman–Crippen MR) is 138 cm³/mol. The quantitative estimate of drug-likeness (QED) is 0.427. The molecule has 8 heteroatoms. The lowest BCUT2D eigenvalue weighted by atomic mass is 9.96. The Kier molecular flexibility index (Phi) is 11.2. The van der Waals surface area contributed by atoms with Gasteiger partial charge in [-0.2, -0.15) is 0 Å². The van der Waals surface area contributed by atoms with Crippen LogP contribution >= 0.6 is 0 Å². The second-order valence-corrected chi connectivity index (χ2v) is 9.16. The van der Waals surface area contributed by atoms with E-state index in [0.717, 1.165) is 5.56 Å². The van der Waals surface area contributed by atoms with Gasteiger partial charge in [0.1, 0.15) is 25.0 Å². The first-order valence-corrected chi connectivity index (χ1v) is 12.2. The van der Waals surface area contributed by atoms with Crippen LogP contribution in [-0.4, -0.2) is 55.7 Å². The molecule has 36 heavy (non-hydrogen) atoms. The number of carbonyl (C=O) groups excluding carboxylic acids is 3. The zero-order chi connectivity index (χ0) is 26.7. The van der Waals surface area contributed by atoms with Crippen molar-refractivity contribution in [2.45, 2.75) is 52.8 Å². The molecule has 0 aromatic heterocycles. The van der Waals surface area contributed by atoms with E-state index in [2.05, 4.69) is 5.32 Å². The number of nitrogens with zero attached hydrogens (tertiary/aromatic N) is 1. The molecular formula is C28H38N2O6. The molecule has 0 saturated heterocycles. The number of benzene rings is 2. The lowest BCUT2D eigenvalue weighted by Crippen LogP contribution is -2.55. The minimum Gasteiger partial charge on any atom is -0.491 e. The van der Waals surface area contributed by atoms with Gasteiger partial charge in [0, 0.05) is 7.05 Å². The molecule has 0 aliphatic carbocycles. The highest BCUT2D eigenvalue weighted by molar-refractivity contribution is 5.89. The van der Waals surface area contributed by atoms with E-state index < -0.39 is 18.1 Å². The molecule has 0 radical (unpaired) electrons. The summed E-state index contributed by atoms with van der Waals surface area (Å²) in [6.07, 6.45) is 0.0645. The zero-order valence-corrected chi connectivity index (χ0v) is 22.0. The lowest BCUT2D eigenvalue weighted by molar-refractivity contribution is -0.137. The maximum Gasteiger partial charge on any atom is 0.408 e. The van der Waals surface area contributed by atoms with Crippen LogP contribution in [0.2, 0.25) is 0 Å². The van der Waals surface area contributed by atoms with Crippen molar-refractivity contribution in [1.29, 1.82) is 0 Å². The van der Waals surface area contributed by atoms with Gasteiger partial charge >= 0.3 is 12.1 Å². The van der Waals surface area contributed by atoms with Crippen LogP contribution < -0.4 is 10.1 Å². The highest BCUT2D eigenvalue weighted by atomic mass is 16.5. The van der Waals surface area contributed by atoms with E-state index in [1.54, 1.807) is 36.2 Å². The van der Waals surface area contributed by atoms with Gasteiger partial charge in [0.05, 0.1) is 18.7 Å². The van der Waals surface area contributed by atoms with Crippen molar-refractivity contribution in [3.8, 4) is 5.75 Å². The van der Waals surface area contributed by atoms with Crippen molar-refractivity contribution in [3.63, 3.8) is 0 Å². The summed E-state index contributed by atoms with van der Waals surface area (Å²) in [5.74, 6) is -0.188. The van der Waals surface area contributed by atoms with Gasteiger partial charge in [-0.25, -0.2) is 9.59 Å². The third-order valence-corrected chi connectivity index (χ3v) is 6.26. The number of alkyl carbamates (subject to hydrolysis) is 1. The molecule has 2 amide bonds. The Morgan fingerprint density at radius 3 is 2.31 bits per heavy atom. The molecule has 1 N–H and O–H groups in total. The van der Waals surface area contributed by atoms with Crippen molar-refractivity contribution >= 4 is 18.0 Å². The summed E-state index contributed by atoms with van der Waals surface area (Å²) in [6.45, 7) is 8.24. The number of esters is 1. The predicted octanol–water partition coefficient (Wildman–Crippen LogP) is 4.68. The van der Waals surface area contributed by atoms with Crippen LogP contribution in [0.5, 0.6) is 5.75 Å². The Morgan fingerprint density at radius 1 is 1.00 bits per heavy atom. The van der Waals surface area contributed by atoms with Gasteiger partial charge < -0.3 is 24.4 Å². The van der Waals surface area contributed by atoms with Gasteiger partial charge in [-0.1, -0.05) is 70.5 Å². The molecule has 196 valence electrons. The fourth-order valence-corrected chi connectivity index (χ4v) is 3.72. The fourth-order valence-electron chi connectivity index (χ4n) is 3.72. The summed E-state index contributed by atoms with van der Waals surface area (Å²) < 4.78 is 16.1. The van der Waals surface area contributed by atoms with E-state index >= 15 is 0 Å². The molecule has 0 aliphatic rings. The first-order valence-electron chi connectivity index (χ1n) is 12.2. The maximum absolute atomic E-state index is 13.5. The Morgan fingerprint density at radius 2 is 1.69 bits per heavy atom. The molecule has 0 saturated carbocycles. The minimum absolute atomic E-state index is 0.0744. The number of nitrogens with one attached hydrogen (secondary N) is 1. The molecule has 0 bridgehead atoms. The maximum atomic E-state index is 13.5. The Bertz CT molecular complexity index is 995. The topological polar surface area (TPSA) is 94.2 Å². The van der Waals surface area contributed by atoms with Crippen molar-refractivity contribution in [3.05, 3.63) is 65.7 Å². The Labute approximate surface area is 213 Å². The number of methoxy groups -OCH3 is 1. The monoisotopic (exact) mass is 498 g/mol. The van der Waals surface area contributed by atoms with E-state index in [-0.39, 0.29) is 37.0 Å². The van der Waals surface area contributed by atoms with Crippen molar-refractivity contribution < 1.29 is 28.6 Å². The fraction of sp³-hybridized carbons (Fsp3) is 0.464. The van der Waals surface area contributed by atoms with Crippen LogP contribution in [0.25, 0.3) is 0 Å². The average Bonchev–Trinajstić information content (AvgIpc) is 2.89. The van der Waals surface area contributed by atoms with E-state index in [4.69, 9.17) is 14.2 Å². The molecule has 0 unspecified atom stereocenters. The standard InChI is InChI=1S/C28H38N2O6/c1-7-20(4)25(29-28(33)36-17-21-12-9-8-10-13-21)26(31)30(5)24(19(2)3)18-35-23-15-11-14-22(16-23)27(32)34-6/h8-16,19-20,24-25H,7,17-18H2,1-6H3,(H,29,33)/t20-,24+,25-/m0/s1. The minimum atomic E-state index is -0.743. The number of carbonyl (C=O) groups is 3. The molecule has 0 spiro atoms. The highest BCUT2D eigenvalue weighted by Crippen LogP contribution is 2.19. The first-order chi connectivity index (χ1) is 17.2. The van der Waals surface area contributed by atoms with Crippen LogP contribution in [0.1, 0.15) is 50.0 Å². The number of hydrogen-bond acceptors (Lipinski definition) is 6. The second-order valence-electron chi connectivity index (χ2n) is 9.16. The van der Waals surface area contributed by atoms with Crippen LogP contribution in [0.15, 0.2) is 54.6 Å². The Hall–Kier alpha value is -3.55. The van der Waals surface area contributed by atoms with Gasteiger partial charge in [0.2, 0.25) is 5.91 Å². The van der Waals surface area contributed by atoms with Crippen LogP contribution in [0, 0.1) is 11.8 Å². The summed E-state index contributed by atoms with van der Waals surface area (Å²) in [6, 6.07) is 15.1. The second kappa shape index (κ2) is 14.1. The molecular weight excluding hydrogens is 460 g/mol. The van der Waals surface area contributed by atoms with E-state index in [0.29, 0.717) is 17.7 Å². The number of likely N-dealkylation sites (N-methyl/N-ethyl adjacent to an activating group) is 1. The van der Waals surface area contributed by atoms with Crippen molar-refractivity contribution in [2.75, 3.05) is 20.8 Å². The van der Waals surface area contributed by atoms with Crippen molar-refractivity contribution in [1.82, 2.24) is 10.2 Å². The molecule has 8 nitrogen and oxygen atoms in total. The van der Waals surface area contributed by atoms with Gasteiger partial charge in [0.25, 0.3) is 0 Å². The molecule has 2 rings (SSSR count).